The number of urea groups is 1. The van der Waals surface area contributed by atoms with Crippen molar-refractivity contribution in [2.24, 2.45) is 10.9 Å². The van der Waals surface area contributed by atoms with E-state index in [0.717, 1.165) is 77.2 Å². The fourth-order valence-electron chi connectivity index (χ4n) is 10.1. The average Bonchev–Trinajstić information content (AvgIpc) is 3.34. The van der Waals surface area contributed by atoms with Crippen molar-refractivity contribution < 1.29 is 66.5 Å². The molecule has 5 atom stereocenters. The number of hydrogen-bond donors (Lipinski definition) is 7. The molecule has 3 unspecified atom stereocenters. The number of carboxylic acids is 3. The summed E-state index contributed by atoms with van der Waals surface area (Å²) in [5.41, 5.74) is 4.62. The van der Waals surface area contributed by atoms with Gasteiger partial charge in [0.05, 0.1) is 28.0 Å². The summed E-state index contributed by atoms with van der Waals surface area (Å²) in [6.07, 6.45) is 11.2. The topological polar surface area (TPSA) is 305 Å². The molecule has 0 fully saturated rings. The standard InChI is InChI=1S/C64H91N5O14S/c1-6-43(3)67-49-31-35-54-58(42-49)83-57-41-47(44(4)65-7-2)30-34-53(57)61(54)46-28-32-52(33-29-46)84(81,82)39-21-12-8-9-15-23-50(71)24-17-13-14-22-48(62(76)77)40-51(72)25-16-10-11-18-27-59(73)66-38-20-19-26-56(63(78)79)69-64(80)68-55(45(5)70)36-37-60(74)75/h28-35,41-44,48,55-56,65H,6-27,36-40H2,1-5H3,(H,66,73)(H,74,75)(H,76,77)(H,78,79)(H2,68,69,80)/t43?,44?,48?,55-,56-/m0/s1. The van der Waals surface area contributed by atoms with Gasteiger partial charge in [0.1, 0.15) is 29.0 Å². The Balaban J connectivity index is 1.05. The van der Waals surface area contributed by atoms with Crippen LogP contribution in [0, 0.1) is 5.92 Å². The van der Waals surface area contributed by atoms with Gasteiger partial charge in [0.2, 0.25) is 5.91 Å². The van der Waals surface area contributed by atoms with E-state index >= 15 is 0 Å². The summed E-state index contributed by atoms with van der Waals surface area (Å²) in [5.74, 6) is -4.05. The largest absolute Gasteiger partial charge is 0.481 e. The molecule has 0 saturated carbocycles. The number of nitrogens with one attached hydrogen (secondary N) is 4. The van der Waals surface area contributed by atoms with E-state index in [9.17, 15) is 57.0 Å². The summed E-state index contributed by atoms with van der Waals surface area (Å²) in [7, 11) is -3.52. The van der Waals surface area contributed by atoms with Crippen molar-refractivity contribution in [3.05, 3.63) is 71.6 Å². The fraction of sp³-hybridized carbons (Fsp3) is 0.578. The van der Waals surface area contributed by atoms with Crippen LogP contribution in [0.1, 0.15) is 200 Å². The Morgan fingerprint density at radius 1 is 0.631 bits per heavy atom. The molecular weight excluding hydrogens is 1090 g/mol. The van der Waals surface area contributed by atoms with Crippen molar-refractivity contribution in [2.45, 2.75) is 218 Å². The third kappa shape index (κ3) is 24.8. The van der Waals surface area contributed by atoms with Crippen molar-refractivity contribution in [1.82, 2.24) is 21.3 Å². The molecule has 462 valence electrons. The van der Waals surface area contributed by atoms with E-state index in [2.05, 4.69) is 67.2 Å². The second-order valence-electron chi connectivity index (χ2n) is 22.2. The number of ketones is 3. The number of hydrogen-bond acceptors (Lipinski definition) is 13. The van der Waals surface area contributed by atoms with Crippen molar-refractivity contribution >= 4 is 68.0 Å². The third-order valence-corrected chi connectivity index (χ3v) is 17.1. The van der Waals surface area contributed by atoms with Gasteiger partial charge < -0.3 is 41.0 Å². The lowest BCUT2D eigenvalue weighted by Crippen LogP contribution is -2.50. The molecule has 1 heterocycles. The number of nitrogens with zero attached hydrogens (tertiary/aromatic N) is 1. The highest BCUT2D eigenvalue weighted by Crippen LogP contribution is 2.41. The molecule has 1 aliphatic carbocycles. The lowest BCUT2D eigenvalue weighted by atomic mass is 9.92. The second kappa shape index (κ2) is 36.8. The van der Waals surface area contributed by atoms with Crippen LogP contribution in [-0.2, 0) is 43.4 Å². The average molecular weight is 1190 g/mol. The van der Waals surface area contributed by atoms with E-state index in [4.69, 9.17) is 14.5 Å². The van der Waals surface area contributed by atoms with Gasteiger partial charge in [-0.1, -0.05) is 83.1 Å². The van der Waals surface area contributed by atoms with Crippen molar-refractivity contribution in [3.8, 4) is 22.5 Å². The maximum Gasteiger partial charge on any atom is 0.326 e. The minimum atomic E-state index is -3.52. The number of carbonyl (C=O) groups excluding carboxylic acids is 5. The van der Waals surface area contributed by atoms with Gasteiger partial charge in [0.15, 0.2) is 15.6 Å². The molecule has 0 aromatic heterocycles. The summed E-state index contributed by atoms with van der Waals surface area (Å²) in [6, 6.07) is 16.5. The summed E-state index contributed by atoms with van der Waals surface area (Å²) in [6.45, 7) is 10.7. The van der Waals surface area contributed by atoms with E-state index in [1.165, 1.54) is 6.92 Å². The first-order chi connectivity index (χ1) is 40.1. The van der Waals surface area contributed by atoms with Gasteiger partial charge in [0.25, 0.3) is 0 Å². The van der Waals surface area contributed by atoms with Crippen molar-refractivity contribution in [1.29, 1.82) is 0 Å². The smallest absolute Gasteiger partial charge is 0.326 e. The number of aliphatic carboxylic acids is 3. The highest BCUT2D eigenvalue weighted by Gasteiger charge is 2.25. The lowest BCUT2D eigenvalue weighted by Gasteiger charge is -2.19. The molecule has 0 spiro atoms. The zero-order valence-electron chi connectivity index (χ0n) is 49.9. The molecule has 2 aliphatic rings. The monoisotopic (exact) mass is 1190 g/mol. The summed E-state index contributed by atoms with van der Waals surface area (Å²) < 4.78 is 33.5. The molecule has 84 heavy (non-hydrogen) atoms. The molecule has 1 aliphatic heterocycles. The highest BCUT2D eigenvalue weighted by atomic mass is 32.2. The minimum absolute atomic E-state index is 0.0349. The first-order valence-electron chi connectivity index (χ1n) is 30.3. The Hall–Kier alpha value is -6.80. The summed E-state index contributed by atoms with van der Waals surface area (Å²) in [4.78, 5) is 101. The Morgan fingerprint density at radius 2 is 1.25 bits per heavy atom. The molecule has 7 N–H and O–H groups in total. The number of amides is 3. The van der Waals surface area contributed by atoms with Crippen LogP contribution in [0.25, 0.3) is 33.4 Å². The fourth-order valence-corrected chi connectivity index (χ4v) is 11.5. The summed E-state index contributed by atoms with van der Waals surface area (Å²) >= 11 is 0. The van der Waals surface area contributed by atoms with Crippen molar-refractivity contribution in [2.75, 3.05) is 18.8 Å². The molecular formula is C64H91N5O14S. The number of sulfone groups is 1. The van der Waals surface area contributed by atoms with E-state index in [0.29, 0.717) is 95.8 Å². The lowest BCUT2D eigenvalue weighted by molar-refractivity contribution is -0.144. The number of carbonyl (C=O) groups is 8. The maximum absolute atomic E-state index is 13.5. The number of fused-ring (bicyclic) bond motifs is 2. The molecule has 2 aromatic carbocycles. The molecule has 0 bridgehead atoms. The number of unbranched alkanes of at least 4 members (excludes halogenated alkanes) is 10. The van der Waals surface area contributed by atoms with Crippen LogP contribution >= 0.6 is 0 Å². The number of benzene rings is 3. The molecule has 2 aromatic rings. The maximum atomic E-state index is 13.5. The number of rotatable bonds is 43. The Bertz CT molecular complexity index is 2960. The van der Waals surface area contributed by atoms with Crippen LogP contribution in [0.3, 0.4) is 0 Å². The zero-order chi connectivity index (χ0) is 61.6. The van der Waals surface area contributed by atoms with Gasteiger partial charge in [-0.05, 0) is 139 Å². The molecule has 0 radical (unpaired) electrons. The van der Waals surface area contributed by atoms with Crippen LogP contribution in [-0.4, -0.2) is 108 Å². The first kappa shape index (κ1) is 69.7. The van der Waals surface area contributed by atoms with Gasteiger partial charge in [0, 0.05) is 79.7 Å². The highest BCUT2D eigenvalue weighted by molar-refractivity contribution is 7.91. The van der Waals surface area contributed by atoms with Crippen LogP contribution in [0.4, 0.5) is 4.79 Å². The summed E-state index contributed by atoms with van der Waals surface area (Å²) in [5, 5.41) is 40.8. The van der Waals surface area contributed by atoms with Crippen LogP contribution in [0.2, 0.25) is 0 Å². The molecule has 20 heteroatoms. The van der Waals surface area contributed by atoms with Crippen molar-refractivity contribution in [3.63, 3.8) is 0 Å². The second-order valence-corrected chi connectivity index (χ2v) is 24.3. The van der Waals surface area contributed by atoms with Gasteiger partial charge in [-0.3, -0.25) is 33.8 Å². The van der Waals surface area contributed by atoms with E-state index in [-0.39, 0.29) is 78.7 Å². The predicted octanol–water partition coefficient (Wildman–Crippen LogP) is 11.1. The van der Waals surface area contributed by atoms with Gasteiger partial charge in [-0.15, -0.1) is 0 Å². The van der Waals surface area contributed by atoms with Gasteiger partial charge >= 0.3 is 23.9 Å². The third-order valence-electron chi connectivity index (χ3n) is 15.3. The quantitative estimate of drug-likeness (QED) is 0.0160. The molecule has 4 rings (SSSR count). The predicted molar refractivity (Wildman–Crippen MR) is 323 cm³/mol. The van der Waals surface area contributed by atoms with E-state index < -0.39 is 57.6 Å². The minimum Gasteiger partial charge on any atom is -0.481 e. The number of Topliss-reactive ketones (excluding diaryl/α,β-unsaturated/α-hetero) is 3. The Morgan fingerprint density at radius 3 is 1.88 bits per heavy atom. The molecule has 0 saturated heterocycles. The van der Waals surface area contributed by atoms with Crippen LogP contribution in [0.15, 0.2) is 75.0 Å². The van der Waals surface area contributed by atoms with Gasteiger partial charge in [-0.25, -0.2) is 18.0 Å². The Kier molecular flexibility index (Phi) is 30.5. The van der Waals surface area contributed by atoms with Gasteiger partial charge in [-0.2, -0.15) is 0 Å². The molecule has 19 nitrogen and oxygen atoms in total. The van der Waals surface area contributed by atoms with Crippen LogP contribution < -0.4 is 26.6 Å². The zero-order valence-corrected chi connectivity index (χ0v) is 50.8. The molecule has 3 amide bonds. The number of carboxylic acid groups (broad SMARTS) is 3. The first-order valence-corrected chi connectivity index (χ1v) is 31.9. The van der Waals surface area contributed by atoms with Crippen LogP contribution in [0.5, 0.6) is 0 Å². The van der Waals surface area contributed by atoms with E-state index in [1.54, 1.807) is 12.1 Å². The normalized spacial score (nSPS) is 13.7. The Labute approximate surface area is 495 Å². The van der Waals surface area contributed by atoms with E-state index in [1.807, 2.05) is 30.3 Å². The SMILES string of the molecule is CCNC(C)c1ccc2c(-c3ccc(S(=O)(=O)CCCCCCCC(=O)CCCCCC(CC(=O)CCCCCCC(=O)NCCCC[C@H](NC(=O)N[C@@H](CCC(=O)O)C(C)=O)C(=O)O)C(=O)O)cc3)c3ccc(=NC(C)CC)cc-3oc2c1.